The highest BCUT2D eigenvalue weighted by atomic mass is 32.1. The molecule has 0 fully saturated rings. The molecule has 0 saturated heterocycles. The molecular weight excluding hydrogens is 252 g/mol. The zero-order chi connectivity index (χ0) is 13.1. The molecule has 0 aliphatic heterocycles. The minimum absolute atomic E-state index is 0.242. The molecule has 1 aromatic heterocycles. The number of benzene rings is 1. The Morgan fingerprint density at radius 1 is 1.22 bits per heavy atom. The van der Waals surface area contributed by atoms with E-state index in [1.54, 1.807) is 19.2 Å². The van der Waals surface area contributed by atoms with Gasteiger partial charge in [-0.15, -0.1) is 11.3 Å². The summed E-state index contributed by atoms with van der Waals surface area (Å²) in [5, 5.41) is 2.70. The third-order valence-corrected chi connectivity index (χ3v) is 3.56. The summed E-state index contributed by atoms with van der Waals surface area (Å²) < 4.78 is 10.6. The van der Waals surface area contributed by atoms with Crippen molar-refractivity contribution in [3.8, 4) is 5.75 Å². The monoisotopic (exact) mass is 264 g/mol. The molecule has 0 saturated carbocycles. The van der Waals surface area contributed by atoms with Gasteiger partial charge in [-0.2, -0.15) is 0 Å². The fraction of sp³-hybridized carbons (Fsp3) is 0.231. The lowest BCUT2D eigenvalue weighted by molar-refractivity contribution is -0.139. The average Bonchev–Trinajstić information content (AvgIpc) is 2.86. The lowest BCUT2D eigenvalue weighted by Gasteiger charge is -2.05. The summed E-state index contributed by atoms with van der Waals surface area (Å²) in [6.45, 7) is 0. The number of hydrogen-bond acceptors (Lipinski definition) is 5. The minimum Gasteiger partial charge on any atom is -0.495 e. The van der Waals surface area contributed by atoms with Gasteiger partial charge in [-0.05, 0) is 23.6 Å². The maximum Gasteiger partial charge on any atom is 0.313 e. The van der Waals surface area contributed by atoms with Crippen LogP contribution in [0.1, 0.15) is 16.8 Å². The number of thiophene rings is 1. The van der Waals surface area contributed by atoms with Gasteiger partial charge in [-0.3, -0.25) is 9.59 Å². The van der Waals surface area contributed by atoms with Gasteiger partial charge < -0.3 is 9.47 Å². The van der Waals surface area contributed by atoms with Gasteiger partial charge in [0.2, 0.25) is 0 Å². The Kier molecular flexibility index (Phi) is 3.62. The van der Waals surface area contributed by atoms with Crippen molar-refractivity contribution in [3.05, 3.63) is 29.1 Å². The first-order chi connectivity index (χ1) is 8.67. The Balaban J connectivity index is 2.43. The molecule has 0 aliphatic carbocycles. The van der Waals surface area contributed by atoms with Crippen molar-refractivity contribution in [1.29, 1.82) is 0 Å². The first kappa shape index (κ1) is 12.6. The van der Waals surface area contributed by atoms with Crippen molar-refractivity contribution in [3.63, 3.8) is 0 Å². The molecule has 0 aliphatic rings. The standard InChI is InChI=1S/C13H12O4S/c1-16-11-4-3-8(9-5-6-18-13(9)11)10(14)7-12(15)17-2/h3-6H,7H2,1-2H3. The predicted molar refractivity (Wildman–Crippen MR) is 69.3 cm³/mol. The van der Waals surface area contributed by atoms with Gasteiger partial charge >= 0.3 is 5.97 Å². The van der Waals surface area contributed by atoms with E-state index < -0.39 is 5.97 Å². The maximum absolute atomic E-state index is 12.0. The molecule has 5 heteroatoms. The summed E-state index contributed by atoms with van der Waals surface area (Å²) >= 11 is 1.50. The number of ether oxygens (including phenoxy) is 2. The van der Waals surface area contributed by atoms with Gasteiger partial charge in [0.25, 0.3) is 0 Å². The second-order valence-electron chi connectivity index (χ2n) is 3.65. The highest BCUT2D eigenvalue weighted by molar-refractivity contribution is 7.17. The van der Waals surface area contributed by atoms with E-state index in [4.69, 9.17) is 4.74 Å². The molecule has 0 unspecified atom stereocenters. The van der Waals surface area contributed by atoms with Crippen molar-refractivity contribution in [1.82, 2.24) is 0 Å². The number of esters is 1. The second-order valence-corrected chi connectivity index (χ2v) is 4.57. The van der Waals surface area contributed by atoms with Gasteiger partial charge in [0.1, 0.15) is 12.2 Å². The highest BCUT2D eigenvalue weighted by Gasteiger charge is 2.17. The molecule has 18 heavy (non-hydrogen) atoms. The molecular formula is C13H12O4S. The molecule has 4 nitrogen and oxygen atoms in total. The molecule has 0 spiro atoms. The summed E-state index contributed by atoms with van der Waals surface area (Å²) in [7, 11) is 2.86. The van der Waals surface area contributed by atoms with Gasteiger partial charge in [0, 0.05) is 10.9 Å². The van der Waals surface area contributed by atoms with E-state index in [0.29, 0.717) is 5.56 Å². The Morgan fingerprint density at radius 3 is 2.67 bits per heavy atom. The van der Waals surface area contributed by atoms with Gasteiger partial charge in [0.15, 0.2) is 5.78 Å². The lowest BCUT2D eigenvalue weighted by atomic mass is 10.0. The number of hydrogen-bond donors (Lipinski definition) is 0. The van der Waals surface area contributed by atoms with E-state index in [1.165, 1.54) is 18.4 Å². The van der Waals surface area contributed by atoms with E-state index in [9.17, 15) is 9.59 Å². The van der Waals surface area contributed by atoms with Crippen LogP contribution in [0.2, 0.25) is 0 Å². The van der Waals surface area contributed by atoms with Crippen molar-refractivity contribution >= 4 is 33.2 Å². The number of rotatable bonds is 4. The number of methoxy groups -OCH3 is 2. The number of carbonyl (C=O) groups is 2. The van der Waals surface area contributed by atoms with E-state index in [0.717, 1.165) is 15.8 Å². The molecule has 2 aromatic rings. The molecule has 2 rings (SSSR count). The molecule has 0 bridgehead atoms. The van der Waals surface area contributed by atoms with Crippen LogP contribution >= 0.6 is 11.3 Å². The van der Waals surface area contributed by atoms with Crippen molar-refractivity contribution in [2.45, 2.75) is 6.42 Å². The summed E-state index contributed by atoms with van der Waals surface area (Å²) in [4.78, 5) is 23.1. The number of fused-ring (bicyclic) bond motifs is 1. The Morgan fingerprint density at radius 2 is 2.00 bits per heavy atom. The SMILES string of the molecule is COC(=O)CC(=O)c1ccc(OC)c2sccc12. The largest absolute Gasteiger partial charge is 0.495 e. The molecule has 1 heterocycles. The third-order valence-electron chi connectivity index (χ3n) is 2.63. The van der Waals surface area contributed by atoms with E-state index >= 15 is 0 Å². The van der Waals surface area contributed by atoms with Crippen LogP contribution in [0.25, 0.3) is 10.1 Å². The molecule has 1 aromatic carbocycles. The Hall–Kier alpha value is -1.88. The maximum atomic E-state index is 12.0. The smallest absolute Gasteiger partial charge is 0.313 e. The van der Waals surface area contributed by atoms with Gasteiger partial charge in [-0.1, -0.05) is 0 Å². The van der Waals surface area contributed by atoms with Gasteiger partial charge in [0.05, 0.1) is 18.9 Å². The second kappa shape index (κ2) is 5.18. The minimum atomic E-state index is -0.529. The third kappa shape index (κ3) is 2.22. The number of ketones is 1. The Labute approximate surface area is 108 Å². The van der Waals surface area contributed by atoms with Crippen LogP contribution in [0.15, 0.2) is 23.6 Å². The lowest BCUT2D eigenvalue weighted by Crippen LogP contribution is -2.09. The molecule has 0 amide bonds. The fourth-order valence-corrected chi connectivity index (χ4v) is 2.65. The quantitative estimate of drug-likeness (QED) is 0.484. The number of Topliss-reactive ketones (excluding diaryl/α,β-unsaturated/α-hetero) is 1. The fourth-order valence-electron chi connectivity index (χ4n) is 1.74. The normalized spacial score (nSPS) is 10.3. The summed E-state index contributed by atoms with van der Waals surface area (Å²) in [5.74, 6) is -0.0401. The van der Waals surface area contributed by atoms with Crippen molar-refractivity contribution in [2.75, 3.05) is 14.2 Å². The van der Waals surface area contributed by atoms with Crippen molar-refractivity contribution in [2.24, 2.45) is 0 Å². The summed E-state index contributed by atoms with van der Waals surface area (Å²) in [5.41, 5.74) is 0.525. The Bertz CT molecular complexity index is 600. The van der Waals surface area contributed by atoms with E-state index in [2.05, 4.69) is 4.74 Å². The average molecular weight is 264 g/mol. The predicted octanol–water partition coefficient (Wildman–Crippen LogP) is 2.66. The van der Waals surface area contributed by atoms with Gasteiger partial charge in [-0.25, -0.2) is 0 Å². The molecule has 0 N–H and O–H groups in total. The molecule has 0 atom stereocenters. The molecule has 0 radical (unpaired) electrons. The first-order valence-corrected chi connectivity index (χ1v) is 6.19. The van der Waals surface area contributed by atoms with Crippen LogP contribution < -0.4 is 4.74 Å². The first-order valence-electron chi connectivity index (χ1n) is 5.31. The summed E-state index contributed by atoms with van der Waals surface area (Å²) in [6.07, 6.45) is -0.242. The van der Waals surface area contributed by atoms with E-state index in [-0.39, 0.29) is 12.2 Å². The number of carbonyl (C=O) groups excluding carboxylic acids is 2. The van der Waals surface area contributed by atoms with Crippen LogP contribution in [0.4, 0.5) is 0 Å². The summed E-state index contributed by atoms with van der Waals surface area (Å²) in [6, 6.07) is 5.27. The van der Waals surface area contributed by atoms with Crippen LogP contribution in [0, 0.1) is 0 Å². The van der Waals surface area contributed by atoms with Crippen LogP contribution in [0.3, 0.4) is 0 Å². The highest BCUT2D eigenvalue weighted by Crippen LogP contribution is 2.33. The topological polar surface area (TPSA) is 52.6 Å². The zero-order valence-corrected chi connectivity index (χ0v) is 10.9. The van der Waals surface area contributed by atoms with Crippen LogP contribution in [-0.4, -0.2) is 26.0 Å². The van der Waals surface area contributed by atoms with Crippen LogP contribution in [0.5, 0.6) is 5.75 Å². The molecule has 94 valence electrons. The van der Waals surface area contributed by atoms with E-state index in [1.807, 2.05) is 11.4 Å². The zero-order valence-electron chi connectivity index (χ0n) is 10.1. The van der Waals surface area contributed by atoms with Crippen LogP contribution in [-0.2, 0) is 9.53 Å². The van der Waals surface area contributed by atoms with Crippen molar-refractivity contribution < 1.29 is 19.1 Å².